The van der Waals surface area contributed by atoms with Gasteiger partial charge in [0, 0.05) is 12.3 Å². The monoisotopic (exact) mass is 329 g/mol. The van der Waals surface area contributed by atoms with Gasteiger partial charge in [-0.05, 0) is 13.8 Å². The molecule has 0 unspecified atom stereocenters. The van der Waals surface area contributed by atoms with Crippen LogP contribution >= 0.6 is 11.3 Å². The van der Waals surface area contributed by atoms with E-state index >= 15 is 0 Å². The molecule has 0 saturated heterocycles. The van der Waals surface area contributed by atoms with E-state index in [4.69, 9.17) is 9.94 Å². The van der Waals surface area contributed by atoms with Crippen LogP contribution < -0.4 is 5.32 Å². The highest BCUT2D eigenvalue weighted by Crippen LogP contribution is 2.18. The molecule has 0 aromatic carbocycles. The number of methoxy groups -OCH3 is 1. The number of rotatable bonds is 6. The number of hydrogen-bond donors (Lipinski definition) is 2. The molecule has 2 N–H and O–H groups in total. The van der Waals surface area contributed by atoms with Gasteiger partial charge < -0.3 is 20.0 Å². The number of carboxylic acid groups (broad SMARTS) is 1. The number of carboxylic acids is 1. The molecular formula is C12H15N3O6S. The number of nitrogens with zero attached hydrogens (tertiary/aromatic N) is 2. The lowest BCUT2D eigenvalue weighted by molar-refractivity contribution is -0.165. The largest absolute Gasteiger partial charge is 0.476 e. The van der Waals surface area contributed by atoms with Crippen LogP contribution in [0.1, 0.15) is 26.5 Å². The second-order valence-corrected chi connectivity index (χ2v) is 5.42. The summed E-state index contributed by atoms with van der Waals surface area (Å²) in [7, 11) is 1.18. The lowest BCUT2D eigenvalue weighted by atomic mass is 10.1. The first kappa shape index (κ1) is 17.6. The summed E-state index contributed by atoms with van der Waals surface area (Å²) < 4.78 is 4.52. The molecule has 22 heavy (non-hydrogen) atoms. The van der Waals surface area contributed by atoms with Crippen molar-refractivity contribution < 1.29 is 29.1 Å². The van der Waals surface area contributed by atoms with E-state index in [-0.39, 0.29) is 16.7 Å². The number of hydrogen-bond acceptors (Lipinski definition) is 8. The number of ether oxygens (including phenoxy) is 1. The van der Waals surface area contributed by atoms with Gasteiger partial charge in [0.25, 0.3) is 0 Å². The van der Waals surface area contributed by atoms with Crippen molar-refractivity contribution in [3.8, 4) is 0 Å². The van der Waals surface area contributed by atoms with Crippen LogP contribution in [-0.4, -0.2) is 46.4 Å². The summed E-state index contributed by atoms with van der Waals surface area (Å²) in [6.45, 7) is 4.06. The molecule has 1 aromatic rings. The summed E-state index contributed by atoms with van der Waals surface area (Å²) in [6.07, 6.45) is 0. The first-order chi connectivity index (χ1) is 10.2. The van der Waals surface area contributed by atoms with E-state index in [0.29, 0.717) is 0 Å². The molecule has 0 saturated carbocycles. The summed E-state index contributed by atoms with van der Waals surface area (Å²) in [4.78, 5) is 42.5. The molecule has 1 amide bonds. The minimum Gasteiger partial charge on any atom is -0.476 e. The standard InChI is InChI=1S/C12H15N3O6S/c1-6(16)13-11-14-7(5-22-11)8(9(17)18)15-21-12(2,3)10(19)20-4/h5H,1-4H3,(H,17,18)(H,13,14,16). The smallest absolute Gasteiger partial charge is 0.360 e. The van der Waals surface area contributed by atoms with Crippen LogP contribution in [0.4, 0.5) is 5.13 Å². The van der Waals surface area contributed by atoms with Gasteiger partial charge in [-0.15, -0.1) is 11.3 Å². The number of carbonyl (C=O) groups excluding carboxylic acids is 2. The predicted octanol–water partition coefficient (Wildman–Crippen LogP) is 0.858. The van der Waals surface area contributed by atoms with Gasteiger partial charge in [0.05, 0.1) is 7.11 Å². The average molecular weight is 329 g/mol. The number of nitrogens with one attached hydrogen (secondary N) is 1. The molecule has 1 rings (SSSR count). The Balaban J connectivity index is 3.01. The van der Waals surface area contributed by atoms with Gasteiger partial charge in [-0.1, -0.05) is 5.16 Å². The van der Waals surface area contributed by atoms with Crippen molar-refractivity contribution in [3.05, 3.63) is 11.1 Å². The average Bonchev–Trinajstić information content (AvgIpc) is 2.84. The normalized spacial score (nSPS) is 11.7. The van der Waals surface area contributed by atoms with E-state index in [9.17, 15) is 14.4 Å². The van der Waals surface area contributed by atoms with Crippen molar-refractivity contribution in [3.63, 3.8) is 0 Å². The van der Waals surface area contributed by atoms with Crippen molar-refractivity contribution in [2.75, 3.05) is 12.4 Å². The van der Waals surface area contributed by atoms with E-state index in [1.54, 1.807) is 0 Å². The van der Waals surface area contributed by atoms with E-state index in [1.165, 1.54) is 33.3 Å². The molecule has 0 aliphatic heterocycles. The Bertz CT molecular complexity index is 622. The lowest BCUT2D eigenvalue weighted by Gasteiger charge is -2.18. The fourth-order valence-corrected chi connectivity index (χ4v) is 1.97. The number of anilines is 1. The fraction of sp³-hybridized carbons (Fsp3) is 0.417. The molecule has 10 heteroatoms. The zero-order valence-electron chi connectivity index (χ0n) is 12.4. The minimum atomic E-state index is -1.45. The number of aromatic nitrogens is 1. The van der Waals surface area contributed by atoms with Gasteiger partial charge in [0.15, 0.2) is 5.13 Å². The maximum Gasteiger partial charge on any atom is 0.360 e. The zero-order valence-corrected chi connectivity index (χ0v) is 13.2. The molecule has 0 aliphatic rings. The summed E-state index contributed by atoms with van der Waals surface area (Å²) >= 11 is 1.03. The molecule has 0 atom stereocenters. The number of esters is 1. The Morgan fingerprint density at radius 1 is 1.41 bits per heavy atom. The number of amides is 1. The molecule has 120 valence electrons. The van der Waals surface area contributed by atoms with Gasteiger partial charge in [-0.3, -0.25) is 4.79 Å². The number of oxime groups is 1. The molecule has 1 aromatic heterocycles. The Kier molecular flexibility index (Phi) is 5.57. The highest BCUT2D eigenvalue weighted by Gasteiger charge is 2.32. The number of aliphatic carboxylic acids is 1. The van der Waals surface area contributed by atoms with Crippen LogP contribution in [0.5, 0.6) is 0 Å². The minimum absolute atomic E-state index is 0.00177. The molecule has 0 spiro atoms. The van der Waals surface area contributed by atoms with Gasteiger partial charge in [-0.25, -0.2) is 14.6 Å². The molecule has 0 fully saturated rings. The Morgan fingerprint density at radius 2 is 2.05 bits per heavy atom. The summed E-state index contributed by atoms with van der Waals surface area (Å²) in [5.41, 5.74) is -1.95. The Hall–Kier alpha value is -2.49. The maximum atomic E-state index is 11.5. The molecule has 1 heterocycles. The highest BCUT2D eigenvalue weighted by molar-refractivity contribution is 7.14. The van der Waals surface area contributed by atoms with E-state index in [1.807, 2.05) is 0 Å². The van der Waals surface area contributed by atoms with Crippen LogP contribution in [0.15, 0.2) is 10.5 Å². The van der Waals surface area contributed by atoms with Crippen LogP contribution in [0.25, 0.3) is 0 Å². The Labute approximate surface area is 129 Å². The van der Waals surface area contributed by atoms with Crippen molar-refractivity contribution in [1.82, 2.24) is 4.98 Å². The third-order valence-electron chi connectivity index (χ3n) is 2.27. The van der Waals surface area contributed by atoms with Crippen LogP contribution in [-0.2, 0) is 24.0 Å². The van der Waals surface area contributed by atoms with Crippen LogP contribution in [0.2, 0.25) is 0 Å². The molecule has 0 bridgehead atoms. The highest BCUT2D eigenvalue weighted by atomic mass is 32.1. The first-order valence-electron chi connectivity index (χ1n) is 5.98. The summed E-state index contributed by atoms with van der Waals surface area (Å²) in [5.74, 6) is -2.43. The van der Waals surface area contributed by atoms with Gasteiger partial charge in [0.2, 0.25) is 17.2 Å². The topological polar surface area (TPSA) is 127 Å². The molecule has 9 nitrogen and oxygen atoms in total. The summed E-state index contributed by atoms with van der Waals surface area (Å²) in [6, 6.07) is 0. The second-order valence-electron chi connectivity index (χ2n) is 4.56. The van der Waals surface area contributed by atoms with E-state index < -0.39 is 23.3 Å². The molecule has 0 radical (unpaired) electrons. The summed E-state index contributed by atoms with van der Waals surface area (Å²) in [5, 5.41) is 16.7. The van der Waals surface area contributed by atoms with E-state index in [0.717, 1.165) is 11.3 Å². The number of thiazole rings is 1. The van der Waals surface area contributed by atoms with Crippen LogP contribution in [0.3, 0.4) is 0 Å². The maximum absolute atomic E-state index is 11.5. The molecular weight excluding hydrogens is 314 g/mol. The first-order valence-corrected chi connectivity index (χ1v) is 6.86. The SMILES string of the molecule is COC(=O)C(C)(C)ON=C(C(=O)O)c1csc(NC(C)=O)n1. The predicted molar refractivity (Wildman–Crippen MR) is 77.8 cm³/mol. The third kappa shape index (κ3) is 4.52. The quantitative estimate of drug-likeness (QED) is 0.450. The van der Waals surface area contributed by atoms with Gasteiger partial charge in [0.1, 0.15) is 5.69 Å². The van der Waals surface area contributed by atoms with Gasteiger partial charge in [-0.2, -0.15) is 0 Å². The van der Waals surface area contributed by atoms with Crippen molar-refractivity contribution >= 4 is 40.0 Å². The van der Waals surface area contributed by atoms with Crippen LogP contribution in [0, 0.1) is 0 Å². The van der Waals surface area contributed by atoms with E-state index in [2.05, 4.69) is 20.2 Å². The third-order valence-corrected chi connectivity index (χ3v) is 3.03. The molecule has 0 aliphatic carbocycles. The second kappa shape index (κ2) is 6.98. The van der Waals surface area contributed by atoms with Crippen molar-refractivity contribution in [2.45, 2.75) is 26.4 Å². The number of carbonyl (C=O) groups is 3. The van der Waals surface area contributed by atoms with Gasteiger partial charge >= 0.3 is 11.9 Å². The van der Waals surface area contributed by atoms with Crippen molar-refractivity contribution in [1.29, 1.82) is 0 Å². The zero-order chi connectivity index (χ0) is 16.9. The fourth-order valence-electron chi connectivity index (χ4n) is 1.23. The Morgan fingerprint density at radius 3 is 2.55 bits per heavy atom. The lowest BCUT2D eigenvalue weighted by Crippen LogP contribution is -2.35. The van der Waals surface area contributed by atoms with Crippen molar-refractivity contribution in [2.24, 2.45) is 5.16 Å².